The van der Waals surface area contributed by atoms with Crippen molar-refractivity contribution in [2.24, 2.45) is 0 Å². The number of hydrogen-bond donors (Lipinski definition) is 1. The lowest BCUT2D eigenvalue weighted by Gasteiger charge is -2.38. The summed E-state index contributed by atoms with van der Waals surface area (Å²) in [6, 6.07) is 3.58. The zero-order valence-electron chi connectivity index (χ0n) is 14.6. The van der Waals surface area contributed by atoms with Crippen molar-refractivity contribution in [2.75, 3.05) is 11.9 Å². The first-order valence-electron chi connectivity index (χ1n) is 8.76. The summed E-state index contributed by atoms with van der Waals surface area (Å²) < 4.78 is 32.4. The highest BCUT2D eigenvalue weighted by atomic mass is 19.1. The van der Waals surface area contributed by atoms with Crippen LogP contribution in [0.4, 0.5) is 14.7 Å². The largest absolute Gasteiger partial charge is 0.462 e. The predicted molar refractivity (Wildman–Crippen MR) is 92.7 cm³/mol. The molecule has 0 bridgehead atoms. The minimum absolute atomic E-state index is 0.256. The van der Waals surface area contributed by atoms with E-state index in [2.05, 4.69) is 15.3 Å². The molecule has 26 heavy (non-hydrogen) atoms. The lowest BCUT2D eigenvalue weighted by molar-refractivity contribution is 0.0525. The maximum atomic E-state index is 13.8. The Morgan fingerprint density at radius 3 is 2.31 bits per heavy atom. The zero-order valence-corrected chi connectivity index (χ0v) is 14.6. The van der Waals surface area contributed by atoms with Gasteiger partial charge in [0.1, 0.15) is 11.6 Å². The van der Waals surface area contributed by atoms with Gasteiger partial charge in [0, 0.05) is 18.5 Å². The highest BCUT2D eigenvalue weighted by Crippen LogP contribution is 2.40. The SMILES string of the molecule is CCOC(=O)c1cnc(NC2(c3cc(F)cc(F)c3)CCCCC2)nc1. The molecule has 0 radical (unpaired) electrons. The Kier molecular flexibility index (Phi) is 5.44. The molecular weight excluding hydrogens is 340 g/mol. The quantitative estimate of drug-likeness (QED) is 0.809. The molecule has 1 N–H and O–H groups in total. The maximum absolute atomic E-state index is 13.8. The van der Waals surface area contributed by atoms with E-state index in [4.69, 9.17) is 4.74 Å². The third-order valence-electron chi connectivity index (χ3n) is 4.64. The Bertz CT molecular complexity index is 755. The molecule has 1 saturated carbocycles. The van der Waals surface area contributed by atoms with Gasteiger partial charge in [0.25, 0.3) is 0 Å². The molecule has 1 aromatic heterocycles. The smallest absolute Gasteiger partial charge is 0.341 e. The predicted octanol–water partition coefficient (Wildman–Crippen LogP) is 4.20. The fourth-order valence-electron chi connectivity index (χ4n) is 3.40. The zero-order chi connectivity index (χ0) is 18.6. The van der Waals surface area contributed by atoms with Gasteiger partial charge < -0.3 is 10.1 Å². The molecule has 0 amide bonds. The van der Waals surface area contributed by atoms with Crippen LogP contribution in [-0.2, 0) is 10.3 Å². The van der Waals surface area contributed by atoms with Crippen molar-refractivity contribution < 1.29 is 18.3 Å². The van der Waals surface area contributed by atoms with Gasteiger partial charge in [-0.05, 0) is 37.5 Å². The highest BCUT2D eigenvalue weighted by molar-refractivity contribution is 5.88. The third-order valence-corrected chi connectivity index (χ3v) is 4.64. The molecule has 0 saturated heterocycles. The second kappa shape index (κ2) is 7.76. The van der Waals surface area contributed by atoms with E-state index in [1.807, 2.05) is 0 Å². The third kappa shape index (κ3) is 3.98. The summed E-state index contributed by atoms with van der Waals surface area (Å²) in [6.45, 7) is 1.99. The van der Waals surface area contributed by atoms with Gasteiger partial charge in [-0.1, -0.05) is 19.3 Å². The number of halogens is 2. The Balaban J connectivity index is 1.88. The number of hydrogen-bond acceptors (Lipinski definition) is 5. The standard InChI is InChI=1S/C19H21F2N3O2/c1-2-26-17(25)13-11-22-18(23-12-13)24-19(6-4-3-5-7-19)14-8-15(20)10-16(21)9-14/h8-12H,2-7H2,1H3,(H,22,23,24). The van der Waals surface area contributed by atoms with E-state index < -0.39 is 23.1 Å². The van der Waals surface area contributed by atoms with Gasteiger partial charge in [-0.2, -0.15) is 0 Å². The van der Waals surface area contributed by atoms with Crippen molar-refractivity contribution in [3.05, 3.63) is 53.4 Å². The van der Waals surface area contributed by atoms with Crippen molar-refractivity contribution in [1.82, 2.24) is 9.97 Å². The summed E-state index contributed by atoms with van der Waals surface area (Å²) in [5.74, 6) is -1.39. The molecule has 0 atom stereocenters. The molecule has 0 spiro atoms. The van der Waals surface area contributed by atoms with Gasteiger partial charge in [0.15, 0.2) is 0 Å². The van der Waals surface area contributed by atoms with Gasteiger partial charge in [-0.25, -0.2) is 23.5 Å². The number of anilines is 1. The Hall–Kier alpha value is -2.57. The molecule has 5 nitrogen and oxygen atoms in total. The first-order chi connectivity index (χ1) is 12.5. The van der Waals surface area contributed by atoms with Crippen molar-refractivity contribution in [1.29, 1.82) is 0 Å². The molecule has 138 valence electrons. The Morgan fingerprint density at radius 1 is 1.12 bits per heavy atom. The van der Waals surface area contributed by atoms with Crippen LogP contribution in [0.25, 0.3) is 0 Å². The van der Waals surface area contributed by atoms with Crippen molar-refractivity contribution in [2.45, 2.75) is 44.6 Å². The monoisotopic (exact) mass is 361 g/mol. The molecule has 2 aromatic rings. The van der Waals surface area contributed by atoms with Gasteiger partial charge in [0.05, 0.1) is 17.7 Å². The van der Waals surface area contributed by atoms with E-state index >= 15 is 0 Å². The van der Waals surface area contributed by atoms with Crippen molar-refractivity contribution in [3.63, 3.8) is 0 Å². The lowest BCUT2D eigenvalue weighted by atomic mass is 9.76. The maximum Gasteiger partial charge on any atom is 0.341 e. The molecule has 0 unspecified atom stereocenters. The molecule has 3 rings (SSSR count). The van der Waals surface area contributed by atoms with Crippen LogP contribution in [0.15, 0.2) is 30.6 Å². The van der Waals surface area contributed by atoms with E-state index in [0.717, 1.165) is 38.2 Å². The van der Waals surface area contributed by atoms with E-state index in [-0.39, 0.29) is 12.2 Å². The number of rotatable bonds is 5. The van der Waals surface area contributed by atoms with Crippen LogP contribution < -0.4 is 5.32 Å². The van der Waals surface area contributed by atoms with Crippen LogP contribution in [0.1, 0.15) is 54.9 Å². The molecule has 1 fully saturated rings. The number of aromatic nitrogens is 2. The summed E-state index contributed by atoms with van der Waals surface area (Å²) in [5, 5.41) is 3.26. The number of carbonyl (C=O) groups excluding carboxylic acids is 1. The van der Waals surface area contributed by atoms with Crippen molar-refractivity contribution >= 4 is 11.9 Å². The van der Waals surface area contributed by atoms with Crippen LogP contribution >= 0.6 is 0 Å². The van der Waals surface area contributed by atoms with E-state index in [1.165, 1.54) is 24.5 Å². The summed E-state index contributed by atoms with van der Waals surface area (Å²) >= 11 is 0. The molecule has 1 heterocycles. The Morgan fingerprint density at radius 2 is 1.73 bits per heavy atom. The molecule has 1 aliphatic carbocycles. The minimum Gasteiger partial charge on any atom is -0.462 e. The molecular formula is C19H21F2N3O2. The summed E-state index contributed by atoms with van der Waals surface area (Å²) in [7, 11) is 0. The number of nitrogens with zero attached hydrogens (tertiary/aromatic N) is 2. The first-order valence-corrected chi connectivity index (χ1v) is 8.76. The van der Waals surface area contributed by atoms with Crippen LogP contribution in [0.2, 0.25) is 0 Å². The average Bonchev–Trinajstić information content (AvgIpc) is 2.62. The summed E-state index contributed by atoms with van der Waals surface area (Å²) in [5.41, 5.74) is 0.173. The van der Waals surface area contributed by atoms with E-state index in [1.54, 1.807) is 6.92 Å². The number of carbonyl (C=O) groups is 1. The first kappa shape index (κ1) is 18.2. The number of ether oxygens (including phenoxy) is 1. The number of nitrogens with one attached hydrogen (secondary N) is 1. The number of benzene rings is 1. The normalized spacial score (nSPS) is 16.1. The van der Waals surface area contributed by atoms with Gasteiger partial charge in [-0.15, -0.1) is 0 Å². The fraction of sp³-hybridized carbons (Fsp3) is 0.421. The molecule has 1 aromatic carbocycles. The van der Waals surface area contributed by atoms with Crippen molar-refractivity contribution in [3.8, 4) is 0 Å². The lowest BCUT2D eigenvalue weighted by Crippen LogP contribution is -2.38. The van der Waals surface area contributed by atoms with Crippen LogP contribution in [0.5, 0.6) is 0 Å². The Labute approximate surface area is 150 Å². The molecule has 1 aliphatic rings. The minimum atomic E-state index is -0.632. The van der Waals surface area contributed by atoms with Crippen LogP contribution in [0, 0.1) is 11.6 Å². The highest BCUT2D eigenvalue weighted by Gasteiger charge is 2.35. The van der Waals surface area contributed by atoms with Gasteiger partial charge >= 0.3 is 5.97 Å². The summed E-state index contributed by atoms with van der Waals surface area (Å²) in [6.07, 6.45) is 7.16. The fourth-order valence-corrected chi connectivity index (χ4v) is 3.40. The topological polar surface area (TPSA) is 64.1 Å². The van der Waals surface area contributed by atoms with Gasteiger partial charge in [-0.3, -0.25) is 0 Å². The average molecular weight is 361 g/mol. The molecule has 0 aliphatic heterocycles. The molecule has 7 heteroatoms. The van der Waals surface area contributed by atoms with Gasteiger partial charge in [0.2, 0.25) is 5.95 Å². The van der Waals surface area contributed by atoms with E-state index in [0.29, 0.717) is 11.5 Å². The second-order valence-corrected chi connectivity index (χ2v) is 6.44. The second-order valence-electron chi connectivity index (χ2n) is 6.44. The summed E-state index contributed by atoms with van der Waals surface area (Å²) in [4.78, 5) is 20.1. The van der Waals surface area contributed by atoms with E-state index in [9.17, 15) is 13.6 Å². The van der Waals surface area contributed by atoms with Crippen LogP contribution in [-0.4, -0.2) is 22.5 Å². The van der Waals surface area contributed by atoms with Crippen LogP contribution in [0.3, 0.4) is 0 Å². The number of esters is 1.